The SMILES string of the molecule is Cn1c(=O)c2c(nc(N3CCOCC3)n2Cc2nnc(-c3ccc(Cl)c(Cl)c3)o2)n(C)c1=O. The summed E-state index contributed by atoms with van der Waals surface area (Å²) in [7, 11) is 3.02. The molecule has 3 aromatic heterocycles. The van der Waals surface area contributed by atoms with Crippen LogP contribution in [-0.4, -0.2) is 55.2 Å². The van der Waals surface area contributed by atoms with Gasteiger partial charge in [0.2, 0.25) is 17.7 Å². The summed E-state index contributed by atoms with van der Waals surface area (Å²) in [4.78, 5) is 32.2. The molecule has 4 heterocycles. The highest BCUT2D eigenvalue weighted by Crippen LogP contribution is 2.28. The maximum absolute atomic E-state index is 13.1. The van der Waals surface area contributed by atoms with Crippen molar-refractivity contribution in [2.75, 3.05) is 31.2 Å². The van der Waals surface area contributed by atoms with Crippen LogP contribution in [0.1, 0.15) is 5.89 Å². The van der Waals surface area contributed by atoms with Crippen LogP contribution in [0.25, 0.3) is 22.6 Å². The molecule has 1 aliphatic heterocycles. The van der Waals surface area contributed by atoms with E-state index in [1.807, 2.05) is 4.90 Å². The first-order chi connectivity index (χ1) is 15.8. The highest BCUT2D eigenvalue weighted by molar-refractivity contribution is 6.42. The van der Waals surface area contributed by atoms with Crippen molar-refractivity contribution in [3.63, 3.8) is 0 Å². The van der Waals surface area contributed by atoms with E-state index in [1.165, 1.54) is 11.6 Å². The third kappa shape index (κ3) is 3.71. The summed E-state index contributed by atoms with van der Waals surface area (Å²) in [5.74, 6) is 1.06. The van der Waals surface area contributed by atoms with Crippen molar-refractivity contribution in [3.8, 4) is 11.5 Å². The standard InChI is InChI=1S/C20H19Cl2N7O4/c1-26-16-15(18(30)27(2)20(26)31)29(19(23-16)28-5-7-32-8-6-28)10-14-24-25-17(33-14)11-3-4-12(21)13(22)9-11/h3-4,9H,5-8,10H2,1-2H3. The molecule has 1 aromatic carbocycles. The Morgan fingerprint density at radius 2 is 1.79 bits per heavy atom. The zero-order valence-electron chi connectivity index (χ0n) is 17.8. The second kappa shape index (κ2) is 8.32. The number of fused-ring (bicyclic) bond motifs is 1. The maximum Gasteiger partial charge on any atom is 0.332 e. The van der Waals surface area contributed by atoms with Crippen molar-refractivity contribution in [1.29, 1.82) is 0 Å². The molecule has 1 saturated heterocycles. The van der Waals surface area contributed by atoms with Crippen LogP contribution in [0.4, 0.5) is 5.95 Å². The van der Waals surface area contributed by atoms with Crippen LogP contribution in [0.2, 0.25) is 10.0 Å². The third-order valence-electron chi connectivity index (χ3n) is 5.55. The van der Waals surface area contributed by atoms with Gasteiger partial charge in [-0.2, -0.15) is 4.98 Å². The Labute approximate surface area is 196 Å². The molecular formula is C20H19Cl2N7O4. The first-order valence-corrected chi connectivity index (χ1v) is 10.9. The fraction of sp³-hybridized carbons (Fsp3) is 0.350. The fourth-order valence-corrected chi connectivity index (χ4v) is 4.09. The number of benzene rings is 1. The van der Waals surface area contributed by atoms with Crippen LogP contribution in [0.3, 0.4) is 0 Å². The van der Waals surface area contributed by atoms with E-state index < -0.39 is 11.2 Å². The van der Waals surface area contributed by atoms with Gasteiger partial charge in [0.1, 0.15) is 6.54 Å². The Balaban J connectivity index is 1.62. The van der Waals surface area contributed by atoms with E-state index >= 15 is 0 Å². The molecule has 0 radical (unpaired) electrons. The largest absolute Gasteiger partial charge is 0.419 e. The topological polar surface area (TPSA) is 113 Å². The van der Waals surface area contributed by atoms with E-state index in [9.17, 15) is 9.59 Å². The number of ether oxygens (including phenoxy) is 1. The Kier molecular flexibility index (Phi) is 5.47. The van der Waals surface area contributed by atoms with Gasteiger partial charge >= 0.3 is 5.69 Å². The summed E-state index contributed by atoms with van der Waals surface area (Å²) in [6, 6.07) is 5.01. The van der Waals surface area contributed by atoms with Gasteiger partial charge in [0.05, 0.1) is 23.3 Å². The summed E-state index contributed by atoms with van der Waals surface area (Å²) in [6.45, 7) is 2.33. The Morgan fingerprint density at radius 1 is 1.03 bits per heavy atom. The van der Waals surface area contributed by atoms with E-state index in [-0.39, 0.29) is 29.5 Å². The summed E-state index contributed by atoms with van der Waals surface area (Å²) in [6.07, 6.45) is 0. The van der Waals surface area contributed by atoms with Gasteiger partial charge in [-0.25, -0.2) is 4.79 Å². The summed E-state index contributed by atoms with van der Waals surface area (Å²) in [5.41, 5.74) is 0.268. The van der Waals surface area contributed by atoms with Gasteiger partial charge in [-0.05, 0) is 18.2 Å². The van der Waals surface area contributed by atoms with Gasteiger partial charge in [-0.1, -0.05) is 23.2 Å². The molecule has 0 amide bonds. The van der Waals surface area contributed by atoms with E-state index in [0.717, 1.165) is 4.57 Å². The normalized spacial score (nSPS) is 14.4. The molecular weight excluding hydrogens is 473 g/mol. The quantitative estimate of drug-likeness (QED) is 0.423. The van der Waals surface area contributed by atoms with Gasteiger partial charge in [-0.3, -0.25) is 18.5 Å². The molecule has 0 atom stereocenters. The smallest absolute Gasteiger partial charge is 0.332 e. The van der Waals surface area contributed by atoms with Crippen LogP contribution >= 0.6 is 23.2 Å². The van der Waals surface area contributed by atoms with Crippen LogP contribution in [0, 0.1) is 0 Å². The van der Waals surface area contributed by atoms with Crippen LogP contribution < -0.4 is 16.1 Å². The van der Waals surface area contributed by atoms with Crippen molar-refractivity contribution in [1.82, 2.24) is 28.9 Å². The molecule has 0 saturated carbocycles. The zero-order valence-corrected chi connectivity index (χ0v) is 19.3. The first-order valence-electron chi connectivity index (χ1n) is 10.1. The van der Waals surface area contributed by atoms with Crippen molar-refractivity contribution >= 4 is 40.3 Å². The Bertz CT molecular complexity index is 1480. The number of hydrogen-bond donors (Lipinski definition) is 0. The van der Waals surface area contributed by atoms with Crippen molar-refractivity contribution in [2.24, 2.45) is 14.1 Å². The molecule has 0 spiro atoms. The van der Waals surface area contributed by atoms with Crippen LogP contribution in [0.5, 0.6) is 0 Å². The molecule has 172 valence electrons. The zero-order chi connectivity index (χ0) is 23.3. The van der Waals surface area contributed by atoms with Gasteiger partial charge < -0.3 is 14.1 Å². The highest BCUT2D eigenvalue weighted by atomic mass is 35.5. The third-order valence-corrected chi connectivity index (χ3v) is 6.29. The number of anilines is 1. The number of aryl methyl sites for hydroxylation is 1. The fourth-order valence-electron chi connectivity index (χ4n) is 3.79. The number of morpholine rings is 1. The molecule has 4 aromatic rings. The predicted molar refractivity (Wildman–Crippen MR) is 122 cm³/mol. The van der Waals surface area contributed by atoms with Gasteiger partial charge in [0, 0.05) is 32.7 Å². The van der Waals surface area contributed by atoms with Gasteiger partial charge in [0.15, 0.2) is 11.2 Å². The monoisotopic (exact) mass is 491 g/mol. The number of aromatic nitrogens is 6. The summed E-state index contributed by atoms with van der Waals surface area (Å²) < 4.78 is 15.4. The lowest BCUT2D eigenvalue weighted by Gasteiger charge is -2.27. The molecule has 0 bridgehead atoms. The molecule has 0 N–H and O–H groups in total. The summed E-state index contributed by atoms with van der Waals surface area (Å²) >= 11 is 12.1. The minimum absolute atomic E-state index is 0.0883. The first kappa shape index (κ1) is 21.7. The van der Waals surface area contributed by atoms with Gasteiger partial charge in [0.25, 0.3) is 5.56 Å². The average Bonchev–Trinajstić information content (AvgIpc) is 3.44. The minimum atomic E-state index is -0.454. The van der Waals surface area contributed by atoms with Crippen molar-refractivity contribution in [2.45, 2.75) is 6.54 Å². The molecule has 33 heavy (non-hydrogen) atoms. The number of imidazole rings is 1. The molecule has 0 aliphatic carbocycles. The van der Waals surface area contributed by atoms with Crippen LogP contribution in [-0.2, 0) is 25.4 Å². The molecule has 11 nitrogen and oxygen atoms in total. The number of hydrogen-bond acceptors (Lipinski definition) is 8. The number of rotatable bonds is 4. The maximum atomic E-state index is 13.1. The Morgan fingerprint density at radius 3 is 2.52 bits per heavy atom. The highest BCUT2D eigenvalue weighted by Gasteiger charge is 2.25. The second-order valence-corrected chi connectivity index (χ2v) is 8.42. The lowest BCUT2D eigenvalue weighted by molar-refractivity contribution is 0.121. The number of halogens is 2. The average molecular weight is 492 g/mol. The predicted octanol–water partition coefficient (Wildman–Crippen LogP) is 1.68. The second-order valence-electron chi connectivity index (χ2n) is 7.61. The van der Waals surface area contributed by atoms with E-state index in [1.54, 1.807) is 29.8 Å². The molecule has 1 fully saturated rings. The van der Waals surface area contributed by atoms with Crippen molar-refractivity contribution in [3.05, 3.63) is 55.0 Å². The molecule has 13 heteroatoms. The number of nitrogens with zero attached hydrogens (tertiary/aromatic N) is 7. The lowest BCUT2D eigenvalue weighted by atomic mass is 10.2. The molecule has 5 rings (SSSR count). The van der Waals surface area contributed by atoms with E-state index in [0.29, 0.717) is 47.9 Å². The van der Waals surface area contributed by atoms with Crippen LogP contribution in [0.15, 0.2) is 32.2 Å². The lowest BCUT2D eigenvalue weighted by Crippen LogP contribution is -2.38. The van der Waals surface area contributed by atoms with E-state index in [2.05, 4.69) is 15.2 Å². The molecule has 1 aliphatic rings. The summed E-state index contributed by atoms with van der Waals surface area (Å²) in [5, 5.41) is 9.04. The Hall–Kier alpha value is -3.15. The van der Waals surface area contributed by atoms with E-state index in [4.69, 9.17) is 32.4 Å². The minimum Gasteiger partial charge on any atom is -0.419 e. The molecule has 0 unspecified atom stereocenters. The van der Waals surface area contributed by atoms with Crippen molar-refractivity contribution < 1.29 is 9.15 Å². The van der Waals surface area contributed by atoms with Gasteiger partial charge in [-0.15, -0.1) is 10.2 Å².